The Hall–Kier alpha value is -1.66. The number of rotatable bonds is 2. The molecular formula is C14H19ClFN3O2. The van der Waals surface area contributed by atoms with Crippen molar-refractivity contribution in [2.75, 3.05) is 32.7 Å². The van der Waals surface area contributed by atoms with E-state index in [1.807, 2.05) is 0 Å². The van der Waals surface area contributed by atoms with Crippen molar-refractivity contribution in [3.8, 4) is 0 Å². The molecule has 1 aliphatic rings. The van der Waals surface area contributed by atoms with Gasteiger partial charge in [-0.05, 0) is 24.6 Å². The van der Waals surface area contributed by atoms with Crippen molar-refractivity contribution in [3.63, 3.8) is 0 Å². The van der Waals surface area contributed by atoms with Gasteiger partial charge < -0.3 is 15.5 Å². The predicted octanol–water partition coefficient (Wildman–Crippen LogP) is 0.881. The van der Waals surface area contributed by atoms with Gasteiger partial charge in [0.15, 0.2) is 0 Å². The molecule has 5 nitrogen and oxygen atoms in total. The van der Waals surface area contributed by atoms with Crippen molar-refractivity contribution in [3.05, 3.63) is 35.6 Å². The number of nitrogens with zero attached hydrogens (tertiary/aromatic N) is 2. The number of hydrogen-bond donors (Lipinski definition) is 1. The maximum atomic E-state index is 13.2. The second-order valence-electron chi connectivity index (χ2n) is 4.74. The van der Waals surface area contributed by atoms with Crippen LogP contribution in [0.3, 0.4) is 0 Å². The topological polar surface area (TPSA) is 66.6 Å². The number of halogens is 2. The van der Waals surface area contributed by atoms with Crippen molar-refractivity contribution in [1.82, 2.24) is 9.80 Å². The minimum Gasteiger partial charge on any atom is -0.340 e. The highest BCUT2D eigenvalue weighted by Crippen LogP contribution is 2.10. The average molecular weight is 316 g/mol. The SMILES string of the molecule is Cl.NCC(=O)N1CCCN(C(=O)c2cccc(F)c2)CC1. The van der Waals surface area contributed by atoms with Crippen molar-refractivity contribution in [2.24, 2.45) is 5.73 Å². The van der Waals surface area contributed by atoms with Crippen LogP contribution in [0.2, 0.25) is 0 Å². The van der Waals surface area contributed by atoms with Crippen LogP contribution in [0.15, 0.2) is 24.3 Å². The summed E-state index contributed by atoms with van der Waals surface area (Å²) in [5.41, 5.74) is 5.68. The van der Waals surface area contributed by atoms with Gasteiger partial charge in [0.25, 0.3) is 5.91 Å². The Labute approximate surface area is 129 Å². The van der Waals surface area contributed by atoms with E-state index in [0.717, 1.165) is 0 Å². The van der Waals surface area contributed by atoms with Crippen molar-refractivity contribution < 1.29 is 14.0 Å². The molecule has 1 fully saturated rings. The van der Waals surface area contributed by atoms with Crippen LogP contribution < -0.4 is 5.73 Å². The summed E-state index contributed by atoms with van der Waals surface area (Å²) in [7, 11) is 0. The molecule has 2 rings (SSSR count). The van der Waals surface area contributed by atoms with Gasteiger partial charge in [0.2, 0.25) is 5.91 Å². The van der Waals surface area contributed by atoms with Crippen LogP contribution in [0.4, 0.5) is 4.39 Å². The Morgan fingerprint density at radius 3 is 2.48 bits per heavy atom. The van der Waals surface area contributed by atoms with Gasteiger partial charge in [0.05, 0.1) is 6.54 Å². The van der Waals surface area contributed by atoms with Gasteiger partial charge in [0, 0.05) is 31.7 Å². The van der Waals surface area contributed by atoms with E-state index in [2.05, 4.69) is 0 Å². The molecule has 0 unspecified atom stereocenters. The highest BCUT2D eigenvalue weighted by molar-refractivity contribution is 5.94. The molecule has 0 bridgehead atoms. The third kappa shape index (κ3) is 4.41. The summed E-state index contributed by atoms with van der Waals surface area (Å²) >= 11 is 0. The zero-order valence-corrected chi connectivity index (χ0v) is 12.4. The van der Waals surface area contributed by atoms with E-state index in [1.54, 1.807) is 15.9 Å². The molecule has 1 aromatic carbocycles. The molecule has 0 radical (unpaired) electrons. The smallest absolute Gasteiger partial charge is 0.254 e. The van der Waals surface area contributed by atoms with E-state index in [-0.39, 0.29) is 30.8 Å². The first-order chi connectivity index (χ1) is 9.61. The summed E-state index contributed by atoms with van der Waals surface area (Å²) in [5.74, 6) is -0.734. The van der Waals surface area contributed by atoms with Crippen LogP contribution in [0, 0.1) is 5.82 Å². The monoisotopic (exact) mass is 315 g/mol. The minimum absolute atomic E-state index is 0. The molecule has 21 heavy (non-hydrogen) atoms. The zero-order valence-electron chi connectivity index (χ0n) is 11.6. The standard InChI is InChI=1S/C14H18FN3O2.ClH/c15-12-4-1-3-11(9-12)14(20)18-6-2-5-17(7-8-18)13(19)10-16;/h1,3-4,9H,2,5-8,10,16H2;1H. The van der Waals surface area contributed by atoms with Gasteiger partial charge in [-0.3, -0.25) is 9.59 Å². The molecule has 2 amide bonds. The highest BCUT2D eigenvalue weighted by Gasteiger charge is 2.22. The van der Waals surface area contributed by atoms with Gasteiger partial charge in [0.1, 0.15) is 5.82 Å². The summed E-state index contributed by atoms with van der Waals surface area (Å²) in [6.07, 6.45) is 0.701. The molecule has 1 saturated heterocycles. The fourth-order valence-electron chi connectivity index (χ4n) is 2.30. The van der Waals surface area contributed by atoms with Gasteiger partial charge in [-0.2, -0.15) is 0 Å². The summed E-state index contributed by atoms with van der Waals surface area (Å²) in [6.45, 7) is 2.06. The number of nitrogens with two attached hydrogens (primary N) is 1. The first-order valence-corrected chi connectivity index (χ1v) is 6.64. The maximum Gasteiger partial charge on any atom is 0.254 e. The van der Waals surface area contributed by atoms with Crippen LogP contribution in [-0.4, -0.2) is 54.3 Å². The lowest BCUT2D eigenvalue weighted by Crippen LogP contribution is -2.39. The van der Waals surface area contributed by atoms with E-state index >= 15 is 0 Å². The third-order valence-corrected chi connectivity index (χ3v) is 3.38. The number of benzene rings is 1. The third-order valence-electron chi connectivity index (χ3n) is 3.38. The van der Waals surface area contributed by atoms with Crippen LogP contribution in [0.1, 0.15) is 16.8 Å². The van der Waals surface area contributed by atoms with Crippen molar-refractivity contribution >= 4 is 24.2 Å². The lowest BCUT2D eigenvalue weighted by atomic mass is 10.2. The molecule has 1 heterocycles. The number of carbonyl (C=O) groups excluding carboxylic acids is 2. The Kier molecular flexibility index (Phi) is 6.58. The van der Waals surface area contributed by atoms with Gasteiger partial charge in [-0.1, -0.05) is 6.07 Å². The fourth-order valence-corrected chi connectivity index (χ4v) is 2.30. The second kappa shape index (κ2) is 7.95. The fraction of sp³-hybridized carbons (Fsp3) is 0.429. The van der Waals surface area contributed by atoms with Gasteiger partial charge in [-0.25, -0.2) is 4.39 Å². The number of carbonyl (C=O) groups is 2. The molecule has 1 aromatic rings. The molecule has 0 aliphatic carbocycles. The molecule has 0 atom stereocenters. The van der Waals surface area contributed by atoms with Crippen LogP contribution >= 0.6 is 12.4 Å². The van der Waals surface area contributed by atoms with E-state index in [0.29, 0.717) is 38.2 Å². The maximum absolute atomic E-state index is 13.2. The van der Waals surface area contributed by atoms with Gasteiger partial charge >= 0.3 is 0 Å². The van der Waals surface area contributed by atoms with Crippen molar-refractivity contribution in [2.45, 2.75) is 6.42 Å². The van der Waals surface area contributed by atoms with E-state index in [9.17, 15) is 14.0 Å². The first kappa shape index (κ1) is 17.4. The van der Waals surface area contributed by atoms with Crippen LogP contribution in [0.25, 0.3) is 0 Å². The zero-order chi connectivity index (χ0) is 14.5. The summed E-state index contributed by atoms with van der Waals surface area (Å²) in [6, 6.07) is 5.65. The van der Waals surface area contributed by atoms with Gasteiger partial charge in [-0.15, -0.1) is 12.4 Å². The predicted molar refractivity (Wildman–Crippen MR) is 79.8 cm³/mol. The van der Waals surface area contributed by atoms with E-state index in [4.69, 9.17) is 5.73 Å². The molecule has 1 aliphatic heterocycles. The van der Waals surface area contributed by atoms with E-state index in [1.165, 1.54) is 18.2 Å². The lowest BCUT2D eigenvalue weighted by Gasteiger charge is -2.22. The number of amides is 2. The molecule has 0 saturated carbocycles. The Morgan fingerprint density at radius 1 is 1.14 bits per heavy atom. The van der Waals surface area contributed by atoms with Crippen LogP contribution in [0.5, 0.6) is 0 Å². The van der Waals surface area contributed by atoms with Crippen LogP contribution in [-0.2, 0) is 4.79 Å². The van der Waals surface area contributed by atoms with Crippen molar-refractivity contribution in [1.29, 1.82) is 0 Å². The molecule has 0 aromatic heterocycles. The summed E-state index contributed by atoms with van der Waals surface area (Å²) in [4.78, 5) is 27.2. The molecular weight excluding hydrogens is 297 g/mol. The lowest BCUT2D eigenvalue weighted by molar-refractivity contribution is -0.129. The first-order valence-electron chi connectivity index (χ1n) is 6.64. The Balaban J connectivity index is 0.00000220. The molecule has 7 heteroatoms. The largest absolute Gasteiger partial charge is 0.340 e. The Bertz CT molecular complexity index is 513. The highest BCUT2D eigenvalue weighted by atomic mass is 35.5. The quantitative estimate of drug-likeness (QED) is 0.881. The molecule has 116 valence electrons. The molecule has 0 spiro atoms. The minimum atomic E-state index is -0.425. The summed E-state index contributed by atoms with van der Waals surface area (Å²) < 4.78 is 13.2. The average Bonchev–Trinajstić information content (AvgIpc) is 2.71. The number of hydrogen-bond acceptors (Lipinski definition) is 3. The molecule has 2 N–H and O–H groups in total. The summed E-state index contributed by atoms with van der Waals surface area (Å²) in [5, 5.41) is 0. The second-order valence-corrected chi connectivity index (χ2v) is 4.74. The normalized spacial score (nSPS) is 15.1. The Morgan fingerprint density at radius 2 is 1.81 bits per heavy atom. The van der Waals surface area contributed by atoms with E-state index < -0.39 is 5.82 Å².